The predicted octanol–water partition coefficient (Wildman–Crippen LogP) is 7.96. The van der Waals surface area contributed by atoms with E-state index in [2.05, 4.69) is 103 Å². The zero-order valence-electron chi connectivity index (χ0n) is 21.4. The second-order valence-electron chi connectivity index (χ2n) is 10.8. The molecule has 2 heterocycles. The molecule has 1 unspecified atom stereocenters. The molecule has 4 nitrogen and oxygen atoms in total. The van der Waals surface area contributed by atoms with Gasteiger partial charge in [0, 0.05) is 42.3 Å². The molecule has 184 valence electrons. The molecule has 5 rings (SSSR count). The smallest absolute Gasteiger partial charge is 0.199 e. The van der Waals surface area contributed by atoms with E-state index >= 15 is 0 Å². The van der Waals surface area contributed by atoms with Gasteiger partial charge in [-0.05, 0) is 97.3 Å². The van der Waals surface area contributed by atoms with E-state index in [1.54, 1.807) is 0 Å². The third-order valence-corrected chi connectivity index (χ3v) is 7.07. The molecule has 3 aromatic carbocycles. The molecule has 2 aliphatic heterocycles. The normalized spacial score (nSPS) is 18.5. The van der Waals surface area contributed by atoms with Crippen LogP contribution in [0.25, 0.3) is 0 Å². The van der Waals surface area contributed by atoms with E-state index in [9.17, 15) is 0 Å². The predicted molar refractivity (Wildman–Crippen MR) is 145 cm³/mol. The van der Waals surface area contributed by atoms with Crippen molar-refractivity contribution in [2.75, 3.05) is 29.5 Å². The molecule has 2 saturated heterocycles. The SMILES string of the molecule is CC(C)(C)c1ccc(N(c2ccc(OC3CCCCO3)cc2)c2ccc(N3CCCC3)cc2)cc1. The molecule has 0 spiro atoms. The molecule has 0 amide bonds. The van der Waals surface area contributed by atoms with E-state index in [0.29, 0.717) is 0 Å². The molecule has 0 aromatic heterocycles. The van der Waals surface area contributed by atoms with Crippen LogP contribution in [0.3, 0.4) is 0 Å². The first-order valence-electron chi connectivity index (χ1n) is 13.1. The summed E-state index contributed by atoms with van der Waals surface area (Å²) in [7, 11) is 0. The third-order valence-electron chi connectivity index (χ3n) is 7.07. The number of hydrogen-bond donors (Lipinski definition) is 0. The van der Waals surface area contributed by atoms with Gasteiger partial charge in [0.2, 0.25) is 0 Å². The lowest BCUT2D eigenvalue weighted by Gasteiger charge is -2.28. The highest BCUT2D eigenvalue weighted by molar-refractivity contribution is 5.77. The minimum absolute atomic E-state index is 0.126. The molecule has 2 fully saturated rings. The van der Waals surface area contributed by atoms with Crippen LogP contribution in [0.1, 0.15) is 58.4 Å². The number of ether oxygens (including phenoxy) is 2. The van der Waals surface area contributed by atoms with Gasteiger partial charge in [0.25, 0.3) is 0 Å². The van der Waals surface area contributed by atoms with Crippen molar-refractivity contribution in [3.8, 4) is 5.75 Å². The van der Waals surface area contributed by atoms with E-state index in [4.69, 9.17) is 9.47 Å². The van der Waals surface area contributed by atoms with Crippen LogP contribution in [0.5, 0.6) is 5.75 Å². The summed E-state index contributed by atoms with van der Waals surface area (Å²) in [5.74, 6) is 0.855. The quantitative estimate of drug-likeness (QED) is 0.365. The molecule has 3 aromatic rings. The molecule has 0 bridgehead atoms. The summed E-state index contributed by atoms with van der Waals surface area (Å²) in [5, 5.41) is 0. The molecule has 4 heteroatoms. The van der Waals surface area contributed by atoms with Crippen LogP contribution in [0, 0.1) is 0 Å². The van der Waals surface area contributed by atoms with Crippen molar-refractivity contribution in [2.45, 2.75) is 64.6 Å². The lowest BCUT2D eigenvalue weighted by molar-refractivity contribution is -0.105. The van der Waals surface area contributed by atoms with Crippen molar-refractivity contribution in [2.24, 2.45) is 0 Å². The van der Waals surface area contributed by atoms with Gasteiger partial charge >= 0.3 is 0 Å². The molecule has 0 aliphatic carbocycles. The fourth-order valence-electron chi connectivity index (χ4n) is 4.98. The van der Waals surface area contributed by atoms with Gasteiger partial charge < -0.3 is 19.3 Å². The zero-order valence-corrected chi connectivity index (χ0v) is 21.4. The maximum Gasteiger partial charge on any atom is 0.199 e. The molecule has 1 atom stereocenters. The maximum atomic E-state index is 6.08. The average Bonchev–Trinajstić information content (AvgIpc) is 3.41. The molecule has 0 saturated carbocycles. The minimum Gasteiger partial charge on any atom is -0.465 e. The number of rotatable bonds is 6. The maximum absolute atomic E-state index is 6.08. The Hall–Kier alpha value is -2.98. The highest BCUT2D eigenvalue weighted by Crippen LogP contribution is 2.37. The minimum atomic E-state index is -0.131. The Bertz CT molecular complexity index is 1070. The topological polar surface area (TPSA) is 24.9 Å². The number of anilines is 4. The molecule has 0 N–H and O–H groups in total. The van der Waals surface area contributed by atoms with Crippen molar-refractivity contribution in [1.29, 1.82) is 0 Å². The largest absolute Gasteiger partial charge is 0.465 e. The van der Waals surface area contributed by atoms with E-state index in [1.807, 2.05) is 0 Å². The van der Waals surface area contributed by atoms with Crippen molar-refractivity contribution in [3.05, 3.63) is 78.4 Å². The first kappa shape index (κ1) is 23.7. The van der Waals surface area contributed by atoms with Crippen molar-refractivity contribution >= 4 is 22.7 Å². The van der Waals surface area contributed by atoms with Crippen LogP contribution >= 0.6 is 0 Å². The summed E-state index contributed by atoms with van der Waals surface area (Å²) in [6.45, 7) is 9.87. The molecular weight excluding hydrogens is 432 g/mol. The van der Waals surface area contributed by atoms with Crippen LogP contribution in [-0.4, -0.2) is 26.0 Å². The standard InChI is InChI=1S/C31H38N2O2/c1-31(2,3)24-9-11-26(12-10-24)33(27-15-13-25(14-16-27)32-21-5-6-22-32)28-17-19-29(20-18-28)35-30-8-4-7-23-34-30/h9-20,30H,4-8,21-23H2,1-3H3. The second kappa shape index (κ2) is 10.3. The van der Waals surface area contributed by atoms with Gasteiger partial charge in [0.15, 0.2) is 6.29 Å². The molecule has 2 aliphatic rings. The summed E-state index contributed by atoms with van der Waals surface area (Å²) >= 11 is 0. The Labute approximate surface area is 210 Å². The van der Waals surface area contributed by atoms with Gasteiger partial charge in [-0.2, -0.15) is 0 Å². The van der Waals surface area contributed by atoms with Gasteiger partial charge in [-0.25, -0.2) is 0 Å². The zero-order chi connectivity index (χ0) is 24.3. The van der Waals surface area contributed by atoms with Crippen LogP contribution in [0.2, 0.25) is 0 Å². The molecular formula is C31H38N2O2. The van der Waals surface area contributed by atoms with Gasteiger partial charge in [-0.3, -0.25) is 0 Å². The van der Waals surface area contributed by atoms with E-state index in [0.717, 1.165) is 61.8 Å². The van der Waals surface area contributed by atoms with Crippen LogP contribution in [0.4, 0.5) is 22.7 Å². The van der Waals surface area contributed by atoms with Crippen LogP contribution in [0.15, 0.2) is 72.8 Å². The highest BCUT2D eigenvalue weighted by atomic mass is 16.7. The Morgan fingerprint density at radius 1 is 0.743 bits per heavy atom. The van der Waals surface area contributed by atoms with Gasteiger partial charge in [0.1, 0.15) is 5.75 Å². The lowest BCUT2D eigenvalue weighted by atomic mass is 9.87. The van der Waals surface area contributed by atoms with E-state index in [-0.39, 0.29) is 11.7 Å². The monoisotopic (exact) mass is 470 g/mol. The Kier molecular flexibility index (Phi) is 7.01. The Morgan fingerprint density at radius 3 is 1.86 bits per heavy atom. The van der Waals surface area contributed by atoms with E-state index < -0.39 is 0 Å². The first-order valence-corrected chi connectivity index (χ1v) is 13.1. The summed E-state index contributed by atoms with van der Waals surface area (Å²) in [5.41, 5.74) is 6.18. The lowest BCUT2D eigenvalue weighted by Crippen LogP contribution is -2.24. The first-order chi connectivity index (χ1) is 17.0. The van der Waals surface area contributed by atoms with Gasteiger partial charge in [0.05, 0.1) is 6.61 Å². The number of nitrogens with zero attached hydrogens (tertiary/aromatic N) is 2. The highest BCUT2D eigenvalue weighted by Gasteiger charge is 2.19. The van der Waals surface area contributed by atoms with Crippen molar-refractivity contribution in [1.82, 2.24) is 0 Å². The number of hydrogen-bond acceptors (Lipinski definition) is 4. The van der Waals surface area contributed by atoms with E-state index in [1.165, 1.54) is 24.1 Å². The molecule has 35 heavy (non-hydrogen) atoms. The second-order valence-corrected chi connectivity index (χ2v) is 10.8. The van der Waals surface area contributed by atoms with Crippen LogP contribution in [-0.2, 0) is 10.2 Å². The average molecular weight is 471 g/mol. The summed E-state index contributed by atoms with van der Waals surface area (Å²) < 4.78 is 11.8. The molecule has 0 radical (unpaired) electrons. The third kappa shape index (κ3) is 5.65. The fourth-order valence-corrected chi connectivity index (χ4v) is 4.98. The summed E-state index contributed by atoms with van der Waals surface area (Å²) in [6, 6.07) is 26.4. The Balaban J connectivity index is 1.43. The summed E-state index contributed by atoms with van der Waals surface area (Å²) in [6.07, 6.45) is 5.68. The van der Waals surface area contributed by atoms with Crippen molar-refractivity contribution in [3.63, 3.8) is 0 Å². The fraction of sp³-hybridized carbons (Fsp3) is 0.419. The van der Waals surface area contributed by atoms with Crippen LogP contribution < -0.4 is 14.5 Å². The Morgan fingerprint density at radius 2 is 1.31 bits per heavy atom. The number of benzene rings is 3. The van der Waals surface area contributed by atoms with Gasteiger partial charge in [-0.1, -0.05) is 32.9 Å². The summed E-state index contributed by atoms with van der Waals surface area (Å²) in [4.78, 5) is 4.80. The van der Waals surface area contributed by atoms with Crippen molar-refractivity contribution < 1.29 is 9.47 Å². The van der Waals surface area contributed by atoms with Gasteiger partial charge in [-0.15, -0.1) is 0 Å².